The average Bonchev–Trinajstić information content (AvgIpc) is 3.06. The number of hydrogen-bond acceptors (Lipinski definition) is 2. The van der Waals surface area contributed by atoms with Gasteiger partial charge in [-0.25, -0.2) is 0 Å². The number of methoxy groups -OCH3 is 1. The average molecular weight is 232 g/mol. The lowest BCUT2D eigenvalue weighted by molar-refractivity contribution is -0.150. The highest BCUT2D eigenvalue weighted by molar-refractivity contribution is 5.83. The molecule has 0 bridgehead atoms. The van der Waals surface area contributed by atoms with Crippen LogP contribution in [0.2, 0.25) is 0 Å². The highest BCUT2D eigenvalue weighted by Crippen LogP contribution is 2.69. The van der Waals surface area contributed by atoms with Crippen LogP contribution in [0.25, 0.3) is 0 Å². The van der Waals surface area contributed by atoms with Crippen molar-refractivity contribution in [3.63, 3.8) is 0 Å². The third kappa shape index (κ3) is 1.45. The van der Waals surface area contributed by atoms with Gasteiger partial charge in [0.1, 0.15) is 5.75 Å². The van der Waals surface area contributed by atoms with Gasteiger partial charge in [0.15, 0.2) is 0 Å². The molecule has 90 valence electrons. The van der Waals surface area contributed by atoms with E-state index < -0.39 is 11.4 Å². The number of ether oxygens (including phenoxy) is 1. The first kappa shape index (κ1) is 10.6. The minimum absolute atomic E-state index is 0.373. The molecule has 3 rings (SSSR count). The summed E-state index contributed by atoms with van der Waals surface area (Å²) in [4.78, 5) is 11.5. The highest BCUT2D eigenvalue weighted by atomic mass is 16.5. The summed E-state index contributed by atoms with van der Waals surface area (Å²) in [6.07, 6.45) is 4.03. The number of aliphatic carboxylic acids is 1. The van der Waals surface area contributed by atoms with Gasteiger partial charge in [0.05, 0.1) is 12.5 Å². The molecular formula is C14H16O3. The summed E-state index contributed by atoms with van der Waals surface area (Å²) in [5, 5.41) is 9.49. The summed E-state index contributed by atoms with van der Waals surface area (Å²) >= 11 is 0. The molecule has 0 radical (unpaired) electrons. The molecule has 0 aliphatic heterocycles. The van der Waals surface area contributed by atoms with Crippen LogP contribution in [0, 0.1) is 5.41 Å². The monoisotopic (exact) mass is 232 g/mol. The Morgan fingerprint density at radius 3 is 2.24 bits per heavy atom. The summed E-state index contributed by atoms with van der Waals surface area (Å²) in [5.41, 5.74) is 0.657. The lowest BCUT2D eigenvalue weighted by Gasteiger charge is -2.45. The Kier molecular flexibility index (Phi) is 2.03. The summed E-state index contributed by atoms with van der Waals surface area (Å²) in [5.74, 6) is 0.0925. The predicted octanol–water partition coefficient (Wildman–Crippen LogP) is 2.59. The Balaban J connectivity index is 1.91. The molecule has 17 heavy (non-hydrogen) atoms. The van der Waals surface area contributed by atoms with Gasteiger partial charge in [0, 0.05) is 0 Å². The highest BCUT2D eigenvalue weighted by Gasteiger charge is 2.64. The second-order valence-electron chi connectivity index (χ2n) is 5.47. The molecule has 2 saturated carbocycles. The third-order valence-electron chi connectivity index (χ3n) is 4.36. The van der Waals surface area contributed by atoms with E-state index in [2.05, 4.69) is 0 Å². The van der Waals surface area contributed by atoms with Crippen LogP contribution < -0.4 is 4.74 Å². The quantitative estimate of drug-likeness (QED) is 0.871. The van der Waals surface area contributed by atoms with Gasteiger partial charge in [0.2, 0.25) is 0 Å². The predicted molar refractivity (Wildman–Crippen MR) is 63.2 cm³/mol. The van der Waals surface area contributed by atoms with Crippen molar-refractivity contribution in [2.24, 2.45) is 5.41 Å². The minimum atomic E-state index is -0.680. The molecule has 1 aromatic carbocycles. The smallest absolute Gasteiger partial charge is 0.314 e. The number of benzene rings is 1. The van der Waals surface area contributed by atoms with E-state index in [4.69, 9.17) is 4.74 Å². The van der Waals surface area contributed by atoms with Crippen LogP contribution in [0.4, 0.5) is 0 Å². The van der Waals surface area contributed by atoms with E-state index in [0.717, 1.165) is 24.2 Å². The van der Waals surface area contributed by atoms with Gasteiger partial charge in [-0.3, -0.25) is 4.79 Å². The van der Waals surface area contributed by atoms with E-state index in [0.29, 0.717) is 5.41 Å². The molecule has 0 amide bonds. The topological polar surface area (TPSA) is 46.5 Å². The largest absolute Gasteiger partial charge is 0.497 e. The lowest BCUT2D eigenvalue weighted by Crippen LogP contribution is -2.48. The van der Waals surface area contributed by atoms with Gasteiger partial charge in [-0.05, 0) is 48.8 Å². The van der Waals surface area contributed by atoms with Crippen molar-refractivity contribution in [3.8, 4) is 5.75 Å². The first-order valence-corrected chi connectivity index (χ1v) is 5.98. The normalized spacial score (nSPS) is 22.9. The van der Waals surface area contributed by atoms with E-state index in [9.17, 15) is 9.90 Å². The Labute approximate surface area is 100 Å². The standard InChI is InChI=1S/C14H16O3/c1-17-11-4-2-10(3-5-11)14(12(15)16)8-13(9-14)6-7-13/h2-5H,6-9H2,1H3,(H,15,16). The first-order valence-electron chi connectivity index (χ1n) is 5.98. The second kappa shape index (κ2) is 3.25. The lowest BCUT2D eigenvalue weighted by atomic mass is 9.56. The number of carboxylic acid groups (broad SMARTS) is 1. The molecule has 2 aliphatic rings. The number of carboxylic acids is 1. The molecule has 2 aliphatic carbocycles. The molecule has 0 unspecified atom stereocenters. The number of hydrogen-bond donors (Lipinski definition) is 1. The van der Waals surface area contributed by atoms with Crippen LogP contribution in [-0.4, -0.2) is 18.2 Å². The van der Waals surface area contributed by atoms with E-state index in [-0.39, 0.29) is 0 Å². The molecule has 0 saturated heterocycles. The van der Waals surface area contributed by atoms with E-state index in [1.807, 2.05) is 24.3 Å². The maximum absolute atomic E-state index is 11.5. The zero-order valence-corrected chi connectivity index (χ0v) is 9.90. The fraction of sp³-hybridized carbons (Fsp3) is 0.500. The Morgan fingerprint density at radius 2 is 1.82 bits per heavy atom. The van der Waals surface area contributed by atoms with Crippen molar-refractivity contribution in [3.05, 3.63) is 29.8 Å². The summed E-state index contributed by atoms with van der Waals surface area (Å²) < 4.78 is 5.10. The van der Waals surface area contributed by atoms with Crippen LogP contribution in [0.1, 0.15) is 31.2 Å². The van der Waals surface area contributed by atoms with Crippen molar-refractivity contribution >= 4 is 5.97 Å². The molecular weight excluding hydrogens is 216 g/mol. The van der Waals surface area contributed by atoms with E-state index in [1.165, 1.54) is 12.8 Å². The number of rotatable bonds is 3. The summed E-state index contributed by atoms with van der Waals surface area (Å²) in [6, 6.07) is 7.47. The van der Waals surface area contributed by atoms with E-state index in [1.54, 1.807) is 7.11 Å². The molecule has 0 atom stereocenters. The molecule has 3 heteroatoms. The Hall–Kier alpha value is -1.51. The Morgan fingerprint density at radius 1 is 1.24 bits per heavy atom. The number of carbonyl (C=O) groups is 1. The maximum Gasteiger partial charge on any atom is 0.314 e. The van der Waals surface area contributed by atoms with Crippen molar-refractivity contribution in [2.75, 3.05) is 7.11 Å². The third-order valence-corrected chi connectivity index (χ3v) is 4.36. The van der Waals surface area contributed by atoms with Gasteiger partial charge in [0.25, 0.3) is 0 Å². The second-order valence-corrected chi connectivity index (χ2v) is 5.47. The molecule has 3 nitrogen and oxygen atoms in total. The zero-order chi connectivity index (χ0) is 12.1. The van der Waals surface area contributed by atoms with Crippen LogP contribution in [-0.2, 0) is 10.2 Å². The summed E-state index contributed by atoms with van der Waals surface area (Å²) in [7, 11) is 1.62. The fourth-order valence-electron chi connectivity index (χ4n) is 3.15. The molecule has 2 fully saturated rings. The summed E-state index contributed by atoms with van der Waals surface area (Å²) in [6.45, 7) is 0. The molecule has 0 aromatic heterocycles. The van der Waals surface area contributed by atoms with Gasteiger partial charge < -0.3 is 9.84 Å². The van der Waals surface area contributed by atoms with Crippen LogP contribution in [0.15, 0.2) is 24.3 Å². The van der Waals surface area contributed by atoms with Crippen molar-refractivity contribution in [1.29, 1.82) is 0 Å². The zero-order valence-electron chi connectivity index (χ0n) is 9.90. The molecule has 1 aromatic rings. The van der Waals surface area contributed by atoms with Gasteiger partial charge in [-0.15, -0.1) is 0 Å². The minimum Gasteiger partial charge on any atom is -0.497 e. The van der Waals surface area contributed by atoms with Crippen LogP contribution in [0.5, 0.6) is 5.75 Å². The van der Waals surface area contributed by atoms with E-state index >= 15 is 0 Å². The fourth-order valence-corrected chi connectivity index (χ4v) is 3.15. The van der Waals surface area contributed by atoms with Crippen LogP contribution in [0.3, 0.4) is 0 Å². The van der Waals surface area contributed by atoms with Crippen molar-refractivity contribution in [1.82, 2.24) is 0 Å². The van der Waals surface area contributed by atoms with Crippen molar-refractivity contribution < 1.29 is 14.6 Å². The SMILES string of the molecule is COc1ccc(C2(C(=O)O)CC3(CC3)C2)cc1. The first-order chi connectivity index (χ1) is 8.10. The van der Waals surface area contributed by atoms with Crippen LogP contribution >= 0.6 is 0 Å². The molecule has 1 spiro atoms. The van der Waals surface area contributed by atoms with Gasteiger partial charge in [-0.2, -0.15) is 0 Å². The van der Waals surface area contributed by atoms with Gasteiger partial charge >= 0.3 is 5.97 Å². The van der Waals surface area contributed by atoms with Crippen molar-refractivity contribution in [2.45, 2.75) is 31.1 Å². The molecule has 0 heterocycles. The Bertz CT molecular complexity index is 449. The maximum atomic E-state index is 11.5. The molecule has 1 N–H and O–H groups in total. The van der Waals surface area contributed by atoms with Gasteiger partial charge in [-0.1, -0.05) is 12.1 Å².